The maximum Gasteiger partial charge on any atom is 0.300 e. The summed E-state index contributed by atoms with van der Waals surface area (Å²) >= 11 is 6.25. The molecule has 0 spiro atoms. The molecule has 0 aliphatic carbocycles. The van der Waals surface area contributed by atoms with Crippen molar-refractivity contribution in [3.63, 3.8) is 0 Å². The Morgan fingerprint density at radius 1 is 1.65 bits per heavy atom. The fraction of sp³-hybridized carbons (Fsp3) is 0.429. The van der Waals surface area contributed by atoms with Gasteiger partial charge in [-0.15, -0.1) is 11.3 Å². The molecule has 0 unspecified atom stereocenters. The highest BCUT2D eigenvalue weighted by molar-refractivity contribution is 7.91. The number of nitro groups is 1. The molecular weight excluding hydrogens is 290 g/mol. The van der Waals surface area contributed by atoms with Gasteiger partial charge in [-0.05, 0) is 0 Å². The van der Waals surface area contributed by atoms with Gasteiger partial charge in [-0.1, -0.05) is 11.6 Å². The van der Waals surface area contributed by atoms with Gasteiger partial charge in [0.2, 0.25) is 0 Å². The van der Waals surface area contributed by atoms with E-state index >= 15 is 0 Å². The molecule has 2 N–H and O–H groups in total. The smallest absolute Gasteiger partial charge is 0.300 e. The summed E-state index contributed by atoms with van der Waals surface area (Å²) in [5, 5.41) is 10.6. The van der Waals surface area contributed by atoms with Gasteiger partial charge in [-0.25, -0.2) is 8.42 Å². The summed E-state index contributed by atoms with van der Waals surface area (Å²) in [7, 11) is -2.40. The fourth-order valence-corrected chi connectivity index (χ4v) is 4.11. The van der Waals surface area contributed by atoms with E-state index in [1.165, 1.54) is 7.05 Å². The van der Waals surface area contributed by atoms with E-state index < -0.39 is 20.6 Å². The number of likely N-dealkylation sites (N-methyl/N-ethyl adjacent to an activating group) is 1. The third kappa shape index (κ3) is 2.93. The molecule has 0 aliphatic rings. The van der Waals surface area contributed by atoms with E-state index in [0.29, 0.717) is 11.3 Å². The first-order chi connectivity index (χ1) is 7.80. The van der Waals surface area contributed by atoms with E-state index in [-0.39, 0.29) is 21.6 Å². The number of halogens is 1. The molecule has 1 aromatic rings. The van der Waals surface area contributed by atoms with Crippen molar-refractivity contribution in [2.45, 2.75) is 4.21 Å². The quantitative estimate of drug-likeness (QED) is 0.642. The summed E-state index contributed by atoms with van der Waals surface area (Å²) in [4.78, 5) is 9.84. The molecule has 0 saturated heterocycles. The summed E-state index contributed by atoms with van der Waals surface area (Å²) < 4.78 is 24.5. The lowest BCUT2D eigenvalue weighted by Crippen LogP contribution is -2.31. The normalized spacial score (nSPS) is 12.0. The van der Waals surface area contributed by atoms with Crippen LogP contribution in [0.4, 0.5) is 5.69 Å². The summed E-state index contributed by atoms with van der Waals surface area (Å²) in [5.74, 6) is 0. The van der Waals surface area contributed by atoms with Crippen LogP contribution in [-0.4, -0.2) is 37.8 Å². The summed E-state index contributed by atoms with van der Waals surface area (Å²) in [6.45, 7) is 0.294. The molecule has 0 amide bonds. The average Bonchev–Trinajstić information content (AvgIpc) is 2.61. The third-order valence-corrected chi connectivity index (χ3v) is 5.60. The van der Waals surface area contributed by atoms with Crippen LogP contribution in [0.2, 0.25) is 4.34 Å². The Labute approximate surface area is 107 Å². The Morgan fingerprint density at radius 3 is 2.65 bits per heavy atom. The Morgan fingerprint density at radius 2 is 2.24 bits per heavy atom. The number of nitrogens with two attached hydrogens (primary N) is 1. The number of nitrogens with zero attached hydrogens (tertiary/aromatic N) is 2. The fourth-order valence-electron chi connectivity index (χ4n) is 1.05. The first kappa shape index (κ1) is 14.3. The SMILES string of the molecule is CN(CCN)S(=O)(=O)c1cc([N+](=O)[O-])c(Cl)s1. The minimum Gasteiger partial charge on any atom is -0.329 e. The van der Waals surface area contributed by atoms with Crippen molar-refractivity contribution in [2.75, 3.05) is 20.1 Å². The number of rotatable bonds is 5. The van der Waals surface area contributed by atoms with Crippen molar-refractivity contribution in [1.29, 1.82) is 0 Å². The van der Waals surface area contributed by atoms with E-state index in [1.54, 1.807) is 0 Å². The topological polar surface area (TPSA) is 107 Å². The van der Waals surface area contributed by atoms with Crippen molar-refractivity contribution in [3.8, 4) is 0 Å². The van der Waals surface area contributed by atoms with Gasteiger partial charge in [-0.2, -0.15) is 4.31 Å². The van der Waals surface area contributed by atoms with Gasteiger partial charge in [0.25, 0.3) is 15.7 Å². The summed E-state index contributed by atoms with van der Waals surface area (Å²) in [6, 6.07) is 0.954. The minimum atomic E-state index is -3.75. The zero-order valence-corrected chi connectivity index (χ0v) is 11.2. The third-order valence-electron chi connectivity index (χ3n) is 1.95. The molecule has 0 bridgehead atoms. The van der Waals surface area contributed by atoms with Gasteiger partial charge >= 0.3 is 0 Å². The highest BCUT2D eigenvalue weighted by Gasteiger charge is 2.28. The standard InChI is InChI=1S/C7H10ClN3O4S2/c1-10(3-2-9)17(14,15)6-4-5(11(12)13)7(8)16-6/h4H,2-3,9H2,1H3. The van der Waals surface area contributed by atoms with Crippen molar-refractivity contribution in [3.05, 3.63) is 20.5 Å². The molecule has 10 heteroatoms. The van der Waals surface area contributed by atoms with E-state index in [1.807, 2.05) is 0 Å². The minimum absolute atomic E-state index is 0.131. The second-order valence-corrected chi connectivity index (χ2v) is 7.02. The van der Waals surface area contributed by atoms with Crippen LogP contribution in [0, 0.1) is 10.1 Å². The summed E-state index contributed by atoms with van der Waals surface area (Å²) in [6.07, 6.45) is 0. The molecule has 96 valence electrons. The molecule has 0 aromatic carbocycles. The van der Waals surface area contributed by atoms with Crippen molar-refractivity contribution < 1.29 is 13.3 Å². The predicted molar refractivity (Wildman–Crippen MR) is 64.9 cm³/mol. The summed E-state index contributed by atoms with van der Waals surface area (Å²) in [5.41, 5.74) is 4.84. The second kappa shape index (κ2) is 5.27. The second-order valence-electron chi connectivity index (χ2n) is 3.10. The van der Waals surface area contributed by atoms with Gasteiger partial charge in [-0.3, -0.25) is 10.1 Å². The number of hydrogen-bond donors (Lipinski definition) is 1. The Hall–Kier alpha value is -0.740. The average molecular weight is 300 g/mol. The Kier molecular flexibility index (Phi) is 4.44. The zero-order chi connectivity index (χ0) is 13.2. The Bertz CT molecular complexity index is 527. The van der Waals surface area contributed by atoms with Crippen LogP contribution in [-0.2, 0) is 10.0 Å². The van der Waals surface area contributed by atoms with E-state index in [9.17, 15) is 18.5 Å². The van der Waals surface area contributed by atoms with Crippen molar-refractivity contribution >= 4 is 38.6 Å². The maximum atomic E-state index is 11.9. The van der Waals surface area contributed by atoms with E-state index in [2.05, 4.69) is 0 Å². The van der Waals surface area contributed by atoms with Crippen LogP contribution in [0.15, 0.2) is 10.3 Å². The van der Waals surface area contributed by atoms with Gasteiger partial charge < -0.3 is 5.73 Å². The molecule has 0 fully saturated rings. The van der Waals surface area contributed by atoms with Crippen LogP contribution in [0.1, 0.15) is 0 Å². The van der Waals surface area contributed by atoms with Crippen LogP contribution in [0.5, 0.6) is 0 Å². The molecule has 1 aromatic heterocycles. The first-order valence-corrected chi connectivity index (χ1v) is 7.04. The monoisotopic (exact) mass is 299 g/mol. The lowest BCUT2D eigenvalue weighted by atomic mass is 10.6. The van der Waals surface area contributed by atoms with E-state index in [4.69, 9.17) is 17.3 Å². The molecule has 17 heavy (non-hydrogen) atoms. The molecule has 0 atom stereocenters. The van der Waals surface area contributed by atoms with Gasteiger partial charge in [0.15, 0.2) is 4.34 Å². The Balaban J connectivity index is 3.17. The number of hydrogen-bond acceptors (Lipinski definition) is 6. The number of thiophene rings is 1. The van der Waals surface area contributed by atoms with Crippen molar-refractivity contribution in [2.24, 2.45) is 5.73 Å². The zero-order valence-electron chi connectivity index (χ0n) is 8.79. The van der Waals surface area contributed by atoms with Gasteiger partial charge in [0.05, 0.1) is 4.92 Å². The lowest BCUT2D eigenvalue weighted by Gasteiger charge is -2.13. The molecule has 1 heterocycles. The molecule has 0 aliphatic heterocycles. The largest absolute Gasteiger partial charge is 0.329 e. The van der Waals surface area contributed by atoms with Crippen molar-refractivity contribution in [1.82, 2.24) is 4.31 Å². The number of sulfonamides is 1. The van der Waals surface area contributed by atoms with Gasteiger partial charge in [0, 0.05) is 26.2 Å². The maximum absolute atomic E-state index is 11.9. The van der Waals surface area contributed by atoms with Crippen LogP contribution >= 0.6 is 22.9 Å². The first-order valence-electron chi connectivity index (χ1n) is 4.41. The highest BCUT2D eigenvalue weighted by Crippen LogP contribution is 2.37. The van der Waals surface area contributed by atoms with Crippen LogP contribution < -0.4 is 5.73 Å². The van der Waals surface area contributed by atoms with E-state index in [0.717, 1.165) is 10.4 Å². The predicted octanol–water partition coefficient (Wildman–Crippen LogP) is 0.889. The molecule has 7 nitrogen and oxygen atoms in total. The molecule has 0 saturated carbocycles. The molecule has 1 rings (SSSR count). The molecule has 0 radical (unpaired) electrons. The van der Waals surface area contributed by atoms with Crippen LogP contribution in [0.3, 0.4) is 0 Å². The highest BCUT2D eigenvalue weighted by atomic mass is 35.5. The lowest BCUT2D eigenvalue weighted by molar-refractivity contribution is -0.384. The van der Waals surface area contributed by atoms with Gasteiger partial charge in [0.1, 0.15) is 4.21 Å². The molecular formula is C7H10ClN3O4S2. The van der Waals surface area contributed by atoms with Crippen LogP contribution in [0.25, 0.3) is 0 Å².